The number of carbonyl (C=O) groups is 2. The summed E-state index contributed by atoms with van der Waals surface area (Å²) < 4.78 is 10.6. The summed E-state index contributed by atoms with van der Waals surface area (Å²) in [7, 11) is 0. The maximum Gasteiger partial charge on any atom is 0.407 e. The molecule has 6 heteroatoms. The fourth-order valence-electron chi connectivity index (χ4n) is 2.45. The summed E-state index contributed by atoms with van der Waals surface area (Å²) >= 11 is 0. The quantitative estimate of drug-likeness (QED) is 0.803. The molecule has 0 bridgehead atoms. The number of hydrogen-bond donors (Lipinski definition) is 1. The summed E-state index contributed by atoms with van der Waals surface area (Å²) in [6, 6.07) is 0. The zero-order valence-corrected chi connectivity index (χ0v) is 15.4. The molecular formula is C17H32N2O4. The highest BCUT2D eigenvalue weighted by Crippen LogP contribution is 2.17. The third-order valence-corrected chi connectivity index (χ3v) is 3.41. The van der Waals surface area contributed by atoms with E-state index in [4.69, 9.17) is 9.47 Å². The third-order valence-electron chi connectivity index (χ3n) is 3.41. The van der Waals surface area contributed by atoms with Gasteiger partial charge in [-0.05, 0) is 73.4 Å². The number of nitrogens with zero attached hydrogens (tertiary/aromatic N) is 1. The van der Waals surface area contributed by atoms with Crippen LogP contribution in [0.4, 0.5) is 4.79 Å². The Bertz CT molecular complexity index is 402. The van der Waals surface area contributed by atoms with Gasteiger partial charge in [0.25, 0.3) is 0 Å². The van der Waals surface area contributed by atoms with E-state index in [-0.39, 0.29) is 12.1 Å². The van der Waals surface area contributed by atoms with E-state index in [0.717, 1.165) is 25.9 Å². The van der Waals surface area contributed by atoms with Crippen LogP contribution in [-0.2, 0) is 14.3 Å². The van der Waals surface area contributed by atoms with Gasteiger partial charge in [0.1, 0.15) is 11.2 Å². The average molecular weight is 328 g/mol. The topological polar surface area (TPSA) is 67.9 Å². The van der Waals surface area contributed by atoms with Gasteiger partial charge in [-0.2, -0.15) is 0 Å². The molecule has 0 aromatic rings. The average Bonchev–Trinajstić information content (AvgIpc) is 2.33. The van der Waals surface area contributed by atoms with E-state index in [1.54, 1.807) is 0 Å². The molecule has 1 N–H and O–H groups in total. The Hall–Kier alpha value is -1.30. The van der Waals surface area contributed by atoms with Crippen molar-refractivity contribution in [2.45, 2.75) is 65.6 Å². The van der Waals surface area contributed by atoms with Crippen LogP contribution in [0.5, 0.6) is 0 Å². The summed E-state index contributed by atoms with van der Waals surface area (Å²) in [4.78, 5) is 25.6. The summed E-state index contributed by atoms with van der Waals surface area (Å²) in [5, 5.41) is 2.82. The molecule has 1 rings (SSSR count). The molecule has 0 spiro atoms. The van der Waals surface area contributed by atoms with Gasteiger partial charge < -0.3 is 14.8 Å². The third kappa shape index (κ3) is 9.43. The second kappa shape index (κ2) is 7.99. The van der Waals surface area contributed by atoms with Gasteiger partial charge >= 0.3 is 12.1 Å². The lowest BCUT2D eigenvalue weighted by atomic mass is 9.97. The first-order chi connectivity index (χ1) is 10.4. The van der Waals surface area contributed by atoms with Gasteiger partial charge in [0, 0.05) is 6.54 Å². The largest absolute Gasteiger partial charge is 0.459 e. The highest BCUT2D eigenvalue weighted by molar-refractivity contribution is 5.72. The highest BCUT2D eigenvalue weighted by Gasteiger charge is 2.24. The second-order valence-corrected chi connectivity index (χ2v) is 8.19. The number of amides is 1. The van der Waals surface area contributed by atoms with E-state index >= 15 is 0 Å². The normalized spacial score (nSPS) is 17.7. The van der Waals surface area contributed by atoms with Crippen molar-refractivity contribution in [2.75, 3.05) is 26.2 Å². The second-order valence-electron chi connectivity index (χ2n) is 8.19. The highest BCUT2D eigenvalue weighted by atomic mass is 16.6. The molecule has 6 nitrogen and oxygen atoms in total. The van der Waals surface area contributed by atoms with Crippen LogP contribution in [0.25, 0.3) is 0 Å². The molecule has 0 atom stereocenters. The fourth-order valence-corrected chi connectivity index (χ4v) is 2.45. The van der Waals surface area contributed by atoms with Gasteiger partial charge in [0.2, 0.25) is 0 Å². The van der Waals surface area contributed by atoms with Crippen molar-refractivity contribution in [1.82, 2.24) is 10.2 Å². The van der Waals surface area contributed by atoms with Crippen LogP contribution in [0.1, 0.15) is 54.4 Å². The first kappa shape index (κ1) is 19.7. The summed E-state index contributed by atoms with van der Waals surface area (Å²) in [5.74, 6) is 0.250. The number of ether oxygens (including phenoxy) is 2. The van der Waals surface area contributed by atoms with E-state index in [2.05, 4.69) is 10.2 Å². The van der Waals surface area contributed by atoms with Crippen LogP contribution in [-0.4, -0.2) is 54.3 Å². The van der Waals surface area contributed by atoms with Crippen molar-refractivity contribution in [3.8, 4) is 0 Å². The van der Waals surface area contributed by atoms with Crippen molar-refractivity contribution in [3.63, 3.8) is 0 Å². The van der Waals surface area contributed by atoms with Crippen molar-refractivity contribution in [1.29, 1.82) is 0 Å². The zero-order chi connectivity index (χ0) is 17.7. The molecule has 1 fully saturated rings. The number of nitrogens with one attached hydrogen (secondary N) is 1. The molecule has 1 aliphatic rings. The summed E-state index contributed by atoms with van der Waals surface area (Å²) in [6.07, 6.45) is 1.55. The molecule has 1 aliphatic heterocycles. The summed E-state index contributed by atoms with van der Waals surface area (Å²) in [5.41, 5.74) is -0.909. The van der Waals surface area contributed by atoms with Gasteiger partial charge in [-0.25, -0.2) is 4.79 Å². The van der Waals surface area contributed by atoms with E-state index in [9.17, 15) is 9.59 Å². The van der Waals surface area contributed by atoms with Crippen molar-refractivity contribution >= 4 is 12.1 Å². The van der Waals surface area contributed by atoms with Crippen LogP contribution in [0.3, 0.4) is 0 Å². The maximum absolute atomic E-state index is 11.8. The van der Waals surface area contributed by atoms with Crippen molar-refractivity contribution in [3.05, 3.63) is 0 Å². The predicted octanol–water partition coefficient (Wildman–Crippen LogP) is 2.56. The smallest absolute Gasteiger partial charge is 0.407 e. The molecule has 1 heterocycles. The fraction of sp³-hybridized carbons (Fsp3) is 0.882. The Morgan fingerprint density at radius 1 is 1.00 bits per heavy atom. The standard InChI is InChI=1S/C17H32N2O4/c1-16(2,3)22-14(20)12-19-9-7-13(8-10-19)11-18-15(21)23-17(4,5)6/h13H,7-12H2,1-6H3,(H,18,21). The van der Waals surface area contributed by atoms with Crippen molar-refractivity contribution in [2.24, 2.45) is 5.92 Å². The zero-order valence-electron chi connectivity index (χ0n) is 15.4. The molecular weight excluding hydrogens is 296 g/mol. The van der Waals surface area contributed by atoms with Gasteiger partial charge in [0.05, 0.1) is 6.54 Å². The van der Waals surface area contributed by atoms with Gasteiger partial charge in [0.15, 0.2) is 0 Å². The molecule has 23 heavy (non-hydrogen) atoms. The Morgan fingerprint density at radius 3 is 2.00 bits per heavy atom. The van der Waals surface area contributed by atoms with Crippen LogP contribution in [0.2, 0.25) is 0 Å². The number of carbonyl (C=O) groups excluding carboxylic acids is 2. The minimum absolute atomic E-state index is 0.178. The van der Waals surface area contributed by atoms with Crippen LogP contribution in [0.15, 0.2) is 0 Å². The van der Waals surface area contributed by atoms with Crippen LogP contribution >= 0.6 is 0 Å². The van der Waals surface area contributed by atoms with Crippen LogP contribution in [0, 0.1) is 5.92 Å². The van der Waals surface area contributed by atoms with E-state index in [1.165, 1.54) is 0 Å². The number of hydrogen-bond acceptors (Lipinski definition) is 5. The lowest BCUT2D eigenvalue weighted by Gasteiger charge is -2.32. The predicted molar refractivity (Wildman–Crippen MR) is 89.2 cm³/mol. The van der Waals surface area contributed by atoms with Crippen molar-refractivity contribution < 1.29 is 19.1 Å². The molecule has 0 unspecified atom stereocenters. The Labute approximate surface area is 139 Å². The lowest BCUT2D eigenvalue weighted by molar-refractivity contribution is -0.156. The van der Waals surface area contributed by atoms with E-state index < -0.39 is 11.2 Å². The van der Waals surface area contributed by atoms with Gasteiger partial charge in [-0.1, -0.05) is 0 Å². The monoisotopic (exact) mass is 328 g/mol. The molecule has 0 radical (unpaired) electrons. The van der Waals surface area contributed by atoms with Gasteiger partial charge in [-0.3, -0.25) is 9.69 Å². The Kier molecular flexibility index (Phi) is 6.86. The Balaban J connectivity index is 2.23. The Morgan fingerprint density at radius 2 is 1.52 bits per heavy atom. The van der Waals surface area contributed by atoms with Gasteiger partial charge in [-0.15, -0.1) is 0 Å². The number of alkyl carbamates (subject to hydrolysis) is 1. The molecule has 0 aromatic heterocycles. The first-order valence-corrected chi connectivity index (χ1v) is 8.36. The first-order valence-electron chi connectivity index (χ1n) is 8.36. The molecule has 1 saturated heterocycles. The number of rotatable bonds is 4. The molecule has 1 amide bonds. The molecule has 134 valence electrons. The lowest BCUT2D eigenvalue weighted by Crippen LogP contribution is -2.42. The minimum atomic E-state index is -0.471. The molecule has 0 aliphatic carbocycles. The minimum Gasteiger partial charge on any atom is -0.459 e. The number of esters is 1. The number of likely N-dealkylation sites (tertiary alicyclic amines) is 1. The maximum atomic E-state index is 11.8. The SMILES string of the molecule is CC(C)(C)OC(=O)CN1CCC(CNC(=O)OC(C)(C)C)CC1. The number of piperidine rings is 1. The molecule has 0 saturated carbocycles. The van der Waals surface area contributed by atoms with Crippen LogP contribution < -0.4 is 5.32 Å². The summed E-state index contributed by atoms with van der Waals surface area (Å²) in [6.45, 7) is 13.8. The van der Waals surface area contributed by atoms with E-state index in [0.29, 0.717) is 19.0 Å². The molecule has 0 aromatic carbocycles. The van der Waals surface area contributed by atoms with E-state index in [1.807, 2.05) is 41.5 Å².